The van der Waals surface area contributed by atoms with E-state index in [2.05, 4.69) is 10.3 Å². The van der Waals surface area contributed by atoms with E-state index in [1.165, 1.54) is 7.05 Å². The first kappa shape index (κ1) is 19.2. The summed E-state index contributed by atoms with van der Waals surface area (Å²) >= 11 is 1.58. The highest BCUT2D eigenvalue weighted by Gasteiger charge is 2.15. The van der Waals surface area contributed by atoms with Crippen molar-refractivity contribution in [3.63, 3.8) is 0 Å². The van der Waals surface area contributed by atoms with Crippen LogP contribution < -0.4 is 5.32 Å². The number of nitrogens with zero attached hydrogens (tertiary/aromatic N) is 2. The Morgan fingerprint density at radius 1 is 1.07 bits per heavy atom. The molecule has 1 amide bonds. The van der Waals surface area contributed by atoms with Gasteiger partial charge in [0.15, 0.2) is 0 Å². The third-order valence-electron chi connectivity index (χ3n) is 3.92. The molecule has 27 heavy (non-hydrogen) atoms. The van der Waals surface area contributed by atoms with Gasteiger partial charge in [-0.15, -0.1) is 11.3 Å². The normalized spacial score (nSPS) is 11.5. The monoisotopic (exact) mass is 401 g/mol. The molecule has 0 aliphatic rings. The molecule has 1 N–H and O–H groups in total. The van der Waals surface area contributed by atoms with E-state index in [1.54, 1.807) is 23.5 Å². The molecule has 1 heterocycles. The fraction of sp³-hybridized carbons (Fsp3) is 0.158. The number of sulfonamides is 1. The lowest BCUT2D eigenvalue weighted by atomic mass is 10.1. The third-order valence-corrected chi connectivity index (χ3v) is 6.07. The number of thiazole rings is 1. The SMILES string of the molecule is CN(CC(=O)Nc1ccc(-c2csc(-c3ccccc3)n2)cc1)S(C)(=O)=O. The molecule has 6 nitrogen and oxygen atoms in total. The zero-order valence-corrected chi connectivity index (χ0v) is 16.5. The average Bonchev–Trinajstić information content (AvgIpc) is 3.12. The maximum Gasteiger partial charge on any atom is 0.239 e. The molecule has 3 aromatic rings. The first-order chi connectivity index (χ1) is 12.8. The fourth-order valence-corrected chi connectivity index (χ4v) is 3.55. The van der Waals surface area contributed by atoms with Gasteiger partial charge in [0.1, 0.15) is 5.01 Å². The number of anilines is 1. The molecule has 1 aromatic heterocycles. The summed E-state index contributed by atoms with van der Waals surface area (Å²) in [7, 11) is -2.02. The highest BCUT2D eigenvalue weighted by molar-refractivity contribution is 7.88. The van der Waals surface area contributed by atoms with Gasteiger partial charge in [0.2, 0.25) is 15.9 Å². The molecule has 0 saturated heterocycles. The van der Waals surface area contributed by atoms with E-state index in [-0.39, 0.29) is 6.54 Å². The second kappa shape index (κ2) is 7.99. The molecule has 0 spiro atoms. The van der Waals surface area contributed by atoms with Gasteiger partial charge in [-0.05, 0) is 12.1 Å². The van der Waals surface area contributed by atoms with E-state index in [0.717, 1.165) is 32.4 Å². The van der Waals surface area contributed by atoms with Crippen LogP contribution in [0.5, 0.6) is 0 Å². The van der Waals surface area contributed by atoms with Crippen LogP contribution in [0.15, 0.2) is 60.0 Å². The van der Waals surface area contributed by atoms with Crippen LogP contribution in [0.4, 0.5) is 5.69 Å². The Bertz CT molecular complexity index is 1030. The van der Waals surface area contributed by atoms with Gasteiger partial charge in [0.05, 0.1) is 18.5 Å². The van der Waals surface area contributed by atoms with Crippen LogP contribution in [0.25, 0.3) is 21.8 Å². The minimum absolute atomic E-state index is 0.229. The molecular weight excluding hydrogens is 382 g/mol. The Morgan fingerprint density at radius 2 is 1.74 bits per heavy atom. The number of likely N-dealkylation sites (N-methyl/N-ethyl adjacent to an activating group) is 1. The van der Waals surface area contributed by atoms with Crippen molar-refractivity contribution in [3.05, 3.63) is 60.0 Å². The van der Waals surface area contributed by atoms with Crippen molar-refractivity contribution in [2.75, 3.05) is 25.2 Å². The summed E-state index contributed by atoms with van der Waals surface area (Å²) in [4.78, 5) is 16.6. The van der Waals surface area contributed by atoms with Gasteiger partial charge in [-0.1, -0.05) is 42.5 Å². The van der Waals surface area contributed by atoms with Crippen LogP contribution in [0.1, 0.15) is 0 Å². The predicted octanol–water partition coefficient (Wildman–Crippen LogP) is 3.31. The molecule has 0 atom stereocenters. The molecular formula is C19H19N3O3S2. The highest BCUT2D eigenvalue weighted by Crippen LogP contribution is 2.29. The topological polar surface area (TPSA) is 79.4 Å². The zero-order valence-electron chi connectivity index (χ0n) is 14.9. The van der Waals surface area contributed by atoms with E-state index >= 15 is 0 Å². The Labute approximate surface area is 162 Å². The molecule has 2 aromatic carbocycles. The summed E-state index contributed by atoms with van der Waals surface area (Å²) in [6.07, 6.45) is 1.06. The first-order valence-electron chi connectivity index (χ1n) is 8.15. The summed E-state index contributed by atoms with van der Waals surface area (Å²) in [5.74, 6) is -0.393. The Kier molecular flexibility index (Phi) is 5.69. The number of nitrogens with one attached hydrogen (secondary N) is 1. The minimum atomic E-state index is -3.39. The minimum Gasteiger partial charge on any atom is -0.325 e. The number of carbonyl (C=O) groups excluding carboxylic acids is 1. The summed E-state index contributed by atoms with van der Waals surface area (Å²) in [5.41, 5.74) is 3.49. The van der Waals surface area contributed by atoms with Crippen molar-refractivity contribution in [3.8, 4) is 21.8 Å². The number of benzene rings is 2. The van der Waals surface area contributed by atoms with Crippen molar-refractivity contribution in [2.45, 2.75) is 0 Å². The Hall–Kier alpha value is -2.55. The largest absolute Gasteiger partial charge is 0.325 e. The van der Waals surface area contributed by atoms with Gasteiger partial charge < -0.3 is 5.32 Å². The predicted molar refractivity (Wildman–Crippen MR) is 109 cm³/mol. The van der Waals surface area contributed by atoms with Crippen molar-refractivity contribution in [2.24, 2.45) is 0 Å². The van der Waals surface area contributed by atoms with E-state index in [4.69, 9.17) is 0 Å². The van der Waals surface area contributed by atoms with Crippen LogP contribution in [0, 0.1) is 0 Å². The van der Waals surface area contributed by atoms with Crippen LogP contribution in [-0.2, 0) is 14.8 Å². The first-order valence-corrected chi connectivity index (χ1v) is 10.9. The highest BCUT2D eigenvalue weighted by atomic mass is 32.2. The molecule has 3 rings (SSSR count). The molecule has 8 heteroatoms. The van der Waals surface area contributed by atoms with Gasteiger partial charge in [0, 0.05) is 29.2 Å². The molecule has 0 radical (unpaired) electrons. The zero-order chi connectivity index (χ0) is 19.4. The van der Waals surface area contributed by atoms with Crippen LogP contribution in [0.3, 0.4) is 0 Å². The van der Waals surface area contributed by atoms with Gasteiger partial charge in [-0.3, -0.25) is 4.79 Å². The van der Waals surface area contributed by atoms with E-state index in [1.807, 2.05) is 47.8 Å². The maximum absolute atomic E-state index is 12.0. The molecule has 140 valence electrons. The fourth-order valence-electron chi connectivity index (χ4n) is 2.36. The van der Waals surface area contributed by atoms with E-state index in [9.17, 15) is 13.2 Å². The van der Waals surface area contributed by atoms with E-state index in [0.29, 0.717) is 5.69 Å². The lowest BCUT2D eigenvalue weighted by Gasteiger charge is -2.13. The number of hydrogen-bond acceptors (Lipinski definition) is 5. The average molecular weight is 402 g/mol. The molecule has 0 aliphatic carbocycles. The summed E-state index contributed by atoms with van der Waals surface area (Å²) in [6, 6.07) is 17.3. The lowest BCUT2D eigenvalue weighted by molar-refractivity contribution is -0.116. The summed E-state index contributed by atoms with van der Waals surface area (Å²) < 4.78 is 23.7. The summed E-state index contributed by atoms with van der Waals surface area (Å²) in [6.45, 7) is -0.229. The van der Waals surface area contributed by atoms with E-state index < -0.39 is 15.9 Å². The maximum atomic E-state index is 12.0. The van der Waals surface area contributed by atoms with Gasteiger partial charge >= 0.3 is 0 Å². The second-order valence-corrected chi connectivity index (χ2v) is 9.00. The van der Waals surface area contributed by atoms with Crippen molar-refractivity contribution in [1.82, 2.24) is 9.29 Å². The van der Waals surface area contributed by atoms with Gasteiger partial charge in [0.25, 0.3) is 0 Å². The van der Waals surface area contributed by atoms with Crippen LogP contribution in [0.2, 0.25) is 0 Å². The van der Waals surface area contributed by atoms with Crippen molar-refractivity contribution < 1.29 is 13.2 Å². The quantitative estimate of drug-likeness (QED) is 0.687. The van der Waals surface area contributed by atoms with Crippen LogP contribution in [-0.4, -0.2) is 43.5 Å². The van der Waals surface area contributed by atoms with Crippen molar-refractivity contribution >= 4 is 33.0 Å². The lowest BCUT2D eigenvalue weighted by Crippen LogP contribution is -2.34. The molecule has 0 bridgehead atoms. The standard InChI is InChI=1S/C19H19N3O3S2/c1-22(27(2,24)25)12-18(23)20-16-10-8-14(9-11-16)17-13-26-19(21-17)15-6-4-3-5-7-15/h3-11,13H,12H2,1-2H3,(H,20,23). The molecule has 0 fully saturated rings. The number of carbonyl (C=O) groups is 1. The Balaban J connectivity index is 1.67. The number of rotatable bonds is 6. The molecule has 0 unspecified atom stereocenters. The van der Waals surface area contributed by atoms with Gasteiger partial charge in [-0.2, -0.15) is 4.31 Å². The van der Waals surface area contributed by atoms with Gasteiger partial charge in [-0.25, -0.2) is 13.4 Å². The van der Waals surface area contributed by atoms with Crippen molar-refractivity contribution in [1.29, 1.82) is 0 Å². The van der Waals surface area contributed by atoms with Crippen LogP contribution >= 0.6 is 11.3 Å². The summed E-state index contributed by atoms with van der Waals surface area (Å²) in [5, 5.41) is 5.64. The number of hydrogen-bond donors (Lipinski definition) is 1. The number of amides is 1. The molecule has 0 aliphatic heterocycles. The molecule has 0 saturated carbocycles. The third kappa shape index (κ3) is 5.00. The smallest absolute Gasteiger partial charge is 0.239 e. The Morgan fingerprint density at radius 3 is 2.37 bits per heavy atom. The second-order valence-electron chi connectivity index (χ2n) is 6.05. The number of aromatic nitrogens is 1.